The Labute approximate surface area is 184 Å². The first-order valence-electron chi connectivity index (χ1n) is 9.90. The molecule has 6 nitrogen and oxygen atoms in total. The third-order valence-corrected chi connectivity index (χ3v) is 5.95. The Morgan fingerprint density at radius 1 is 1.13 bits per heavy atom. The van der Waals surface area contributed by atoms with E-state index in [0.29, 0.717) is 36.2 Å². The molecule has 8 heteroatoms. The first kappa shape index (κ1) is 24.0. The number of carbonyl (C=O) groups is 1. The Hall–Kier alpha value is -2.25. The number of halogens is 1. The third kappa shape index (κ3) is 7.54. The van der Waals surface area contributed by atoms with Gasteiger partial charge in [0.2, 0.25) is 15.9 Å². The van der Waals surface area contributed by atoms with E-state index in [4.69, 9.17) is 16.3 Å². The van der Waals surface area contributed by atoms with Crippen LogP contribution in [-0.2, 0) is 14.8 Å². The van der Waals surface area contributed by atoms with Gasteiger partial charge in [-0.25, -0.2) is 8.42 Å². The van der Waals surface area contributed by atoms with Crippen molar-refractivity contribution in [2.75, 3.05) is 30.3 Å². The molecule has 0 saturated carbocycles. The van der Waals surface area contributed by atoms with Crippen LogP contribution in [0, 0.1) is 0 Å². The van der Waals surface area contributed by atoms with Crippen molar-refractivity contribution in [3.8, 4) is 5.75 Å². The summed E-state index contributed by atoms with van der Waals surface area (Å²) in [5.41, 5.74) is 1.66. The van der Waals surface area contributed by atoms with E-state index in [9.17, 15) is 13.2 Å². The van der Waals surface area contributed by atoms with Gasteiger partial charge in [-0.3, -0.25) is 9.10 Å². The zero-order valence-corrected chi connectivity index (χ0v) is 19.2. The summed E-state index contributed by atoms with van der Waals surface area (Å²) in [6.45, 7) is 5.18. The zero-order valence-electron chi connectivity index (χ0n) is 17.6. The van der Waals surface area contributed by atoms with E-state index < -0.39 is 10.0 Å². The molecule has 2 aromatic carbocycles. The highest BCUT2D eigenvalue weighted by Gasteiger charge is 2.17. The maximum Gasteiger partial charge on any atom is 0.232 e. The maximum absolute atomic E-state index is 12.1. The summed E-state index contributed by atoms with van der Waals surface area (Å²) in [5.74, 6) is 1.04. The molecule has 1 N–H and O–H groups in total. The van der Waals surface area contributed by atoms with Crippen LogP contribution in [-0.4, -0.2) is 40.3 Å². The number of sulfonamides is 1. The van der Waals surface area contributed by atoms with E-state index in [-0.39, 0.29) is 18.9 Å². The number of anilines is 1. The van der Waals surface area contributed by atoms with Gasteiger partial charge in [0.1, 0.15) is 12.4 Å². The smallest absolute Gasteiger partial charge is 0.232 e. The molecular formula is C22H29ClN2O4S. The lowest BCUT2D eigenvalue weighted by Gasteiger charge is -2.22. The van der Waals surface area contributed by atoms with Gasteiger partial charge in [-0.1, -0.05) is 43.6 Å². The molecule has 2 rings (SSSR count). The molecule has 0 fully saturated rings. The van der Waals surface area contributed by atoms with E-state index in [2.05, 4.69) is 19.2 Å². The predicted molar refractivity (Wildman–Crippen MR) is 122 cm³/mol. The molecule has 0 bridgehead atoms. The van der Waals surface area contributed by atoms with Crippen molar-refractivity contribution in [2.24, 2.45) is 0 Å². The molecule has 2 aromatic rings. The Bertz CT molecular complexity index is 930. The summed E-state index contributed by atoms with van der Waals surface area (Å²) in [6, 6.07) is 14.4. The fourth-order valence-electron chi connectivity index (χ4n) is 3.01. The summed E-state index contributed by atoms with van der Waals surface area (Å²) in [7, 11) is -3.45. The number of benzene rings is 2. The van der Waals surface area contributed by atoms with Crippen LogP contribution >= 0.6 is 11.6 Å². The van der Waals surface area contributed by atoms with Crippen LogP contribution in [0.25, 0.3) is 0 Å². The minimum atomic E-state index is -3.45. The van der Waals surface area contributed by atoms with Crippen molar-refractivity contribution in [3.63, 3.8) is 0 Å². The molecule has 0 aliphatic heterocycles. The fraction of sp³-hybridized carbons (Fsp3) is 0.409. The fourth-order valence-corrected chi connectivity index (χ4v) is 4.10. The average Bonchev–Trinajstić information content (AvgIpc) is 2.69. The van der Waals surface area contributed by atoms with Crippen molar-refractivity contribution in [1.82, 2.24) is 5.32 Å². The Balaban J connectivity index is 1.77. The second-order valence-electron chi connectivity index (χ2n) is 7.31. The quantitative estimate of drug-likeness (QED) is 0.518. The number of hydrogen-bond donors (Lipinski definition) is 1. The summed E-state index contributed by atoms with van der Waals surface area (Å²) in [4.78, 5) is 12.1. The zero-order chi connectivity index (χ0) is 22.1. The molecule has 0 radical (unpaired) electrons. The Kier molecular flexibility index (Phi) is 8.99. The molecule has 0 unspecified atom stereocenters. The van der Waals surface area contributed by atoms with Crippen molar-refractivity contribution >= 4 is 33.2 Å². The van der Waals surface area contributed by atoms with Crippen LogP contribution in [0.5, 0.6) is 5.75 Å². The Morgan fingerprint density at radius 2 is 1.80 bits per heavy atom. The van der Waals surface area contributed by atoms with E-state index >= 15 is 0 Å². The summed E-state index contributed by atoms with van der Waals surface area (Å²) < 4.78 is 31.2. The first-order valence-corrected chi connectivity index (χ1v) is 12.1. The number of carbonyl (C=O) groups excluding carboxylic acids is 1. The normalized spacial score (nSPS) is 11.4. The SMILES string of the molecule is CC(C)c1ccccc1OCCNC(=O)CCCN(c1ccc(Cl)cc1)S(C)(=O)=O. The number of rotatable bonds is 11. The molecule has 0 aliphatic carbocycles. The number of amides is 1. The number of ether oxygens (including phenoxy) is 1. The van der Waals surface area contributed by atoms with Gasteiger partial charge in [0.25, 0.3) is 0 Å². The van der Waals surface area contributed by atoms with Gasteiger partial charge < -0.3 is 10.1 Å². The number of nitrogens with one attached hydrogen (secondary N) is 1. The second kappa shape index (κ2) is 11.2. The molecule has 0 aromatic heterocycles. The molecule has 1 amide bonds. The van der Waals surface area contributed by atoms with Gasteiger partial charge in [-0.15, -0.1) is 0 Å². The molecular weight excluding hydrogens is 424 g/mol. The predicted octanol–water partition coefficient (Wildman–Crippen LogP) is 4.20. The number of hydrogen-bond acceptors (Lipinski definition) is 4. The molecule has 0 spiro atoms. The average molecular weight is 453 g/mol. The van der Waals surface area contributed by atoms with Gasteiger partial charge in [0.15, 0.2) is 0 Å². The second-order valence-corrected chi connectivity index (χ2v) is 9.65. The highest BCUT2D eigenvalue weighted by Crippen LogP contribution is 2.25. The molecule has 0 saturated heterocycles. The van der Waals surface area contributed by atoms with Crippen molar-refractivity contribution in [3.05, 3.63) is 59.1 Å². The molecule has 30 heavy (non-hydrogen) atoms. The van der Waals surface area contributed by atoms with Crippen LogP contribution in [0.1, 0.15) is 38.2 Å². The molecule has 0 atom stereocenters. The van der Waals surface area contributed by atoms with Crippen molar-refractivity contribution < 1.29 is 17.9 Å². The van der Waals surface area contributed by atoms with Crippen LogP contribution in [0.3, 0.4) is 0 Å². The van der Waals surface area contributed by atoms with E-state index in [1.54, 1.807) is 24.3 Å². The van der Waals surface area contributed by atoms with Gasteiger partial charge in [0, 0.05) is 18.0 Å². The van der Waals surface area contributed by atoms with Gasteiger partial charge >= 0.3 is 0 Å². The van der Waals surface area contributed by atoms with E-state index in [1.807, 2.05) is 24.3 Å². The largest absolute Gasteiger partial charge is 0.491 e. The van der Waals surface area contributed by atoms with Crippen molar-refractivity contribution in [1.29, 1.82) is 0 Å². The van der Waals surface area contributed by atoms with Crippen LogP contribution in [0.4, 0.5) is 5.69 Å². The van der Waals surface area contributed by atoms with Crippen LogP contribution in [0.2, 0.25) is 5.02 Å². The monoisotopic (exact) mass is 452 g/mol. The minimum Gasteiger partial charge on any atom is -0.491 e. The molecule has 164 valence electrons. The highest BCUT2D eigenvalue weighted by molar-refractivity contribution is 7.92. The third-order valence-electron chi connectivity index (χ3n) is 4.50. The molecule has 0 heterocycles. The first-order chi connectivity index (χ1) is 14.2. The number of para-hydroxylation sites is 1. The van der Waals surface area contributed by atoms with Crippen LogP contribution in [0.15, 0.2) is 48.5 Å². The lowest BCUT2D eigenvalue weighted by molar-refractivity contribution is -0.121. The highest BCUT2D eigenvalue weighted by atomic mass is 35.5. The summed E-state index contributed by atoms with van der Waals surface area (Å²) in [6.07, 6.45) is 1.77. The van der Waals surface area contributed by atoms with Crippen LogP contribution < -0.4 is 14.4 Å². The van der Waals surface area contributed by atoms with E-state index in [1.165, 1.54) is 4.31 Å². The summed E-state index contributed by atoms with van der Waals surface area (Å²) >= 11 is 5.87. The standard InChI is InChI=1S/C22H29ClN2O4S/c1-17(2)20-7-4-5-8-21(20)29-16-14-24-22(26)9-6-15-25(30(3,27)28)19-12-10-18(23)11-13-19/h4-5,7-8,10-13,17H,6,9,14-16H2,1-3H3,(H,24,26). The summed E-state index contributed by atoms with van der Waals surface area (Å²) in [5, 5.41) is 3.34. The minimum absolute atomic E-state index is 0.139. The van der Waals surface area contributed by atoms with Gasteiger partial charge in [0.05, 0.1) is 18.5 Å². The topological polar surface area (TPSA) is 75.7 Å². The number of nitrogens with zero attached hydrogens (tertiary/aromatic N) is 1. The lowest BCUT2D eigenvalue weighted by Crippen LogP contribution is -2.32. The van der Waals surface area contributed by atoms with Gasteiger partial charge in [-0.2, -0.15) is 0 Å². The maximum atomic E-state index is 12.1. The van der Waals surface area contributed by atoms with Gasteiger partial charge in [-0.05, 0) is 48.2 Å². The van der Waals surface area contributed by atoms with Crippen molar-refractivity contribution in [2.45, 2.75) is 32.6 Å². The Morgan fingerprint density at radius 3 is 2.43 bits per heavy atom. The molecule has 0 aliphatic rings. The van der Waals surface area contributed by atoms with E-state index in [0.717, 1.165) is 17.6 Å². The lowest BCUT2D eigenvalue weighted by atomic mass is 10.0.